The van der Waals surface area contributed by atoms with Crippen LogP contribution in [0.5, 0.6) is 6.01 Å². The van der Waals surface area contributed by atoms with Gasteiger partial charge in [0, 0.05) is 13.2 Å². The van der Waals surface area contributed by atoms with E-state index in [0.717, 1.165) is 11.0 Å². The first-order valence-electron chi connectivity index (χ1n) is 3.24. The van der Waals surface area contributed by atoms with Crippen molar-refractivity contribution in [2.45, 2.75) is 0 Å². The zero-order valence-corrected chi connectivity index (χ0v) is 6.02. The van der Waals surface area contributed by atoms with Gasteiger partial charge in [0.25, 0.3) is 0 Å². The van der Waals surface area contributed by atoms with Crippen molar-refractivity contribution >= 4 is 11.0 Å². The first kappa shape index (κ1) is 6.15. The lowest BCUT2D eigenvalue weighted by Gasteiger charge is -1.93. The van der Waals surface area contributed by atoms with Crippen LogP contribution in [0.15, 0.2) is 18.5 Å². The Bertz CT molecular complexity index is 393. The average Bonchev–Trinajstić information content (AvgIpc) is 2.32. The van der Waals surface area contributed by atoms with E-state index in [9.17, 15) is 0 Å². The zero-order valence-electron chi connectivity index (χ0n) is 6.02. The normalized spacial score (nSPS) is 10.6. The maximum atomic E-state index is 8.91. The minimum absolute atomic E-state index is 0.177. The van der Waals surface area contributed by atoms with Crippen molar-refractivity contribution in [3.05, 3.63) is 18.5 Å². The summed E-state index contributed by atoms with van der Waals surface area (Å²) in [6, 6.07) is 1.65. The van der Waals surface area contributed by atoms with E-state index in [0.29, 0.717) is 0 Å². The van der Waals surface area contributed by atoms with Gasteiger partial charge >= 0.3 is 6.01 Å². The summed E-state index contributed by atoms with van der Waals surface area (Å²) in [5, 5.41) is 8.91. The molecule has 0 amide bonds. The molecule has 2 aromatic heterocycles. The van der Waals surface area contributed by atoms with E-state index in [2.05, 4.69) is 9.97 Å². The molecule has 0 aliphatic rings. The second-order valence-electron chi connectivity index (χ2n) is 2.37. The SMILES string of the molecule is Cn1ccc2nc(O)ncc21. The highest BCUT2D eigenvalue weighted by Crippen LogP contribution is 2.12. The highest BCUT2D eigenvalue weighted by Gasteiger charge is 1.99. The highest BCUT2D eigenvalue weighted by molar-refractivity contribution is 5.74. The van der Waals surface area contributed by atoms with Gasteiger partial charge in [0.1, 0.15) is 0 Å². The molecule has 0 radical (unpaired) electrons. The predicted octanol–water partition coefficient (Wildman–Crippen LogP) is 0.674. The highest BCUT2D eigenvalue weighted by atomic mass is 16.3. The summed E-state index contributed by atoms with van der Waals surface area (Å²) in [5.41, 5.74) is 1.68. The van der Waals surface area contributed by atoms with Crippen LogP contribution >= 0.6 is 0 Å². The Balaban J connectivity index is 2.86. The number of nitrogens with zero attached hydrogens (tertiary/aromatic N) is 3. The molecule has 2 rings (SSSR count). The minimum Gasteiger partial charge on any atom is -0.479 e. The second kappa shape index (κ2) is 1.95. The standard InChI is InChI=1S/C7H7N3O/c1-10-3-2-5-6(10)4-8-7(11)9-5/h2-4H,1H3,(H,8,9,11). The third-order valence-corrected chi connectivity index (χ3v) is 1.62. The summed E-state index contributed by atoms with van der Waals surface area (Å²) in [4.78, 5) is 7.48. The smallest absolute Gasteiger partial charge is 0.314 e. The van der Waals surface area contributed by atoms with Gasteiger partial charge in [-0.15, -0.1) is 0 Å². The monoisotopic (exact) mass is 149 g/mol. The minimum atomic E-state index is -0.177. The summed E-state index contributed by atoms with van der Waals surface area (Å²) in [5.74, 6) is 0. The Hall–Kier alpha value is -1.58. The molecule has 0 unspecified atom stereocenters. The Kier molecular flexibility index (Phi) is 1.09. The Morgan fingerprint density at radius 3 is 3.18 bits per heavy atom. The first-order chi connectivity index (χ1) is 5.27. The molecule has 0 spiro atoms. The van der Waals surface area contributed by atoms with Crippen molar-refractivity contribution in [2.75, 3.05) is 0 Å². The summed E-state index contributed by atoms with van der Waals surface area (Å²) >= 11 is 0. The van der Waals surface area contributed by atoms with Gasteiger partial charge in [0.2, 0.25) is 0 Å². The topological polar surface area (TPSA) is 50.9 Å². The molecular formula is C7H7N3O. The van der Waals surface area contributed by atoms with Crippen LogP contribution in [0.4, 0.5) is 0 Å². The van der Waals surface area contributed by atoms with Crippen molar-refractivity contribution in [1.82, 2.24) is 14.5 Å². The molecular weight excluding hydrogens is 142 g/mol. The number of aromatic hydroxyl groups is 1. The molecule has 0 saturated heterocycles. The Morgan fingerprint density at radius 1 is 1.55 bits per heavy atom. The molecule has 0 bridgehead atoms. The van der Waals surface area contributed by atoms with E-state index in [1.807, 2.05) is 23.9 Å². The van der Waals surface area contributed by atoms with Crippen molar-refractivity contribution in [3.63, 3.8) is 0 Å². The lowest BCUT2D eigenvalue weighted by molar-refractivity contribution is 0.433. The van der Waals surface area contributed by atoms with Crippen LogP contribution < -0.4 is 0 Å². The molecule has 1 N–H and O–H groups in total. The number of hydrogen-bond acceptors (Lipinski definition) is 3. The summed E-state index contributed by atoms with van der Waals surface area (Å²) in [6.07, 6.45) is 3.47. The van der Waals surface area contributed by atoms with Crippen LogP contribution in [0.1, 0.15) is 0 Å². The van der Waals surface area contributed by atoms with Crippen LogP contribution in [0.3, 0.4) is 0 Å². The van der Waals surface area contributed by atoms with E-state index in [1.54, 1.807) is 6.20 Å². The molecule has 0 saturated carbocycles. The number of rotatable bonds is 0. The van der Waals surface area contributed by atoms with Crippen LogP contribution in [-0.4, -0.2) is 19.6 Å². The van der Waals surface area contributed by atoms with Gasteiger partial charge in [-0.1, -0.05) is 0 Å². The Morgan fingerprint density at radius 2 is 2.36 bits per heavy atom. The van der Waals surface area contributed by atoms with E-state index < -0.39 is 0 Å². The zero-order chi connectivity index (χ0) is 7.84. The fraction of sp³-hybridized carbons (Fsp3) is 0.143. The third-order valence-electron chi connectivity index (χ3n) is 1.62. The van der Waals surface area contributed by atoms with Crippen molar-refractivity contribution in [2.24, 2.45) is 7.05 Å². The van der Waals surface area contributed by atoms with Crippen LogP contribution in [0.25, 0.3) is 11.0 Å². The quantitative estimate of drug-likeness (QED) is 0.599. The molecule has 4 nitrogen and oxygen atoms in total. The molecule has 56 valence electrons. The van der Waals surface area contributed by atoms with Gasteiger partial charge in [-0.2, -0.15) is 4.98 Å². The molecule has 0 aliphatic carbocycles. The van der Waals surface area contributed by atoms with Gasteiger partial charge in [-0.25, -0.2) is 4.98 Å². The van der Waals surface area contributed by atoms with Gasteiger partial charge < -0.3 is 9.67 Å². The van der Waals surface area contributed by atoms with Gasteiger partial charge in [-0.3, -0.25) is 0 Å². The fourth-order valence-corrected chi connectivity index (χ4v) is 1.04. The molecule has 0 aromatic carbocycles. The van der Waals surface area contributed by atoms with Gasteiger partial charge in [0.15, 0.2) is 0 Å². The van der Waals surface area contributed by atoms with Crippen molar-refractivity contribution < 1.29 is 5.11 Å². The number of fused-ring (bicyclic) bond motifs is 1. The van der Waals surface area contributed by atoms with E-state index in [-0.39, 0.29) is 6.01 Å². The molecule has 0 fully saturated rings. The van der Waals surface area contributed by atoms with E-state index in [4.69, 9.17) is 5.11 Å². The van der Waals surface area contributed by atoms with E-state index in [1.165, 1.54) is 0 Å². The molecule has 0 aliphatic heterocycles. The maximum absolute atomic E-state index is 8.91. The van der Waals surface area contributed by atoms with Crippen LogP contribution in [0.2, 0.25) is 0 Å². The Labute approximate surface area is 63.1 Å². The van der Waals surface area contributed by atoms with Crippen molar-refractivity contribution in [3.8, 4) is 6.01 Å². The lowest BCUT2D eigenvalue weighted by Crippen LogP contribution is -1.86. The molecule has 2 heterocycles. The second-order valence-corrected chi connectivity index (χ2v) is 2.37. The van der Waals surface area contributed by atoms with Crippen LogP contribution in [-0.2, 0) is 7.05 Å². The lowest BCUT2D eigenvalue weighted by atomic mass is 10.5. The summed E-state index contributed by atoms with van der Waals surface area (Å²) in [6.45, 7) is 0. The molecule has 2 aromatic rings. The average molecular weight is 149 g/mol. The predicted molar refractivity (Wildman–Crippen MR) is 40.2 cm³/mol. The molecule has 0 atom stereocenters. The van der Waals surface area contributed by atoms with Gasteiger partial charge in [-0.05, 0) is 6.07 Å². The third kappa shape index (κ3) is 0.832. The summed E-state index contributed by atoms with van der Waals surface area (Å²) < 4.78 is 1.90. The number of aryl methyl sites for hydroxylation is 1. The van der Waals surface area contributed by atoms with Crippen LogP contribution in [0, 0.1) is 0 Å². The van der Waals surface area contributed by atoms with Crippen molar-refractivity contribution in [1.29, 1.82) is 0 Å². The number of hydrogen-bond donors (Lipinski definition) is 1. The number of aromatic nitrogens is 3. The molecule has 4 heteroatoms. The molecule has 11 heavy (non-hydrogen) atoms. The van der Waals surface area contributed by atoms with E-state index >= 15 is 0 Å². The largest absolute Gasteiger partial charge is 0.479 e. The first-order valence-corrected chi connectivity index (χ1v) is 3.24. The maximum Gasteiger partial charge on any atom is 0.314 e. The fourth-order valence-electron chi connectivity index (χ4n) is 1.04. The summed E-state index contributed by atoms with van der Waals surface area (Å²) in [7, 11) is 1.91. The van der Waals surface area contributed by atoms with Gasteiger partial charge in [0.05, 0.1) is 17.2 Å².